The first-order chi connectivity index (χ1) is 12.6. The standard InChI is InChI=1S/C18H20BrN5O2S/c1-10-7-12(3)16(13(4)8-10)21-18-22-17(20)24(23-18)27(25,26)14-5-6-15(19)11(2)9-14/h5-9H,1-4H3,(H3,20,21,22,23). The minimum atomic E-state index is -3.95. The van der Waals surface area contributed by atoms with Crippen LogP contribution in [0.5, 0.6) is 0 Å². The fraction of sp³-hybridized carbons (Fsp3) is 0.222. The maximum absolute atomic E-state index is 12.9. The summed E-state index contributed by atoms with van der Waals surface area (Å²) in [7, 11) is -3.95. The van der Waals surface area contributed by atoms with Crippen LogP contribution in [0.1, 0.15) is 22.3 Å². The Morgan fingerprint density at radius 3 is 2.26 bits per heavy atom. The van der Waals surface area contributed by atoms with E-state index >= 15 is 0 Å². The zero-order valence-corrected chi connectivity index (χ0v) is 17.8. The van der Waals surface area contributed by atoms with Gasteiger partial charge in [0, 0.05) is 10.2 Å². The molecule has 3 N–H and O–H groups in total. The van der Waals surface area contributed by atoms with E-state index < -0.39 is 10.0 Å². The first-order valence-corrected chi connectivity index (χ1v) is 10.4. The summed E-state index contributed by atoms with van der Waals surface area (Å²) in [5.74, 6) is -0.0829. The van der Waals surface area contributed by atoms with Crippen LogP contribution in [0, 0.1) is 27.7 Å². The van der Waals surface area contributed by atoms with Crippen molar-refractivity contribution in [2.24, 2.45) is 0 Å². The summed E-state index contributed by atoms with van der Waals surface area (Å²) in [6.45, 7) is 7.75. The number of nitrogens with two attached hydrogens (primary N) is 1. The molecule has 0 spiro atoms. The van der Waals surface area contributed by atoms with Gasteiger partial charge in [-0.25, -0.2) is 0 Å². The number of rotatable bonds is 4. The van der Waals surface area contributed by atoms with Crippen LogP contribution in [0.4, 0.5) is 17.6 Å². The monoisotopic (exact) mass is 449 g/mol. The van der Waals surface area contributed by atoms with E-state index in [0.29, 0.717) is 0 Å². The molecule has 0 aliphatic heterocycles. The summed E-state index contributed by atoms with van der Waals surface area (Å²) in [5.41, 5.74) is 10.6. The number of nitrogen functional groups attached to an aromatic ring is 1. The zero-order chi connectivity index (χ0) is 19.9. The Morgan fingerprint density at radius 2 is 1.67 bits per heavy atom. The molecule has 3 rings (SSSR count). The van der Waals surface area contributed by atoms with Gasteiger partial charge in [0.1, 0.15) is 0 Å². The number of anilines is 3. The Balaban J connectivity index is 2.01. The van der Waals surface area contributed by atoms with Gasteiger partial charge in [-0.3, -0.25) is 0 Å². The Kier molecular flexibility index (Phi) is 5.00. The van der Waals surface area contributed by atoms with Crippen LogP contribution in [0.2, 0.25) is 0 Å². The maximum atomic E-state index is 12.9. The highest BCUT2D eigenvalue weighted by atomic mass is 79.9. The third-order valence-electron chi connectivity index (χ3n) is 4.17. The topological polar surface area (TPSA) is 103 Å². The Morgan fingerprint density at radius 1 is 1.04 bits per heavy atom. The van der Waals surface area contributed by atoms with E-state index in [-0.39, 0.29) is 16.8 Å². The molecular formula is C18H20BrN5O2S. The average molecular weight is 450 g/mol. The van der Waals surface area contributed by atoms with Crippen molar-refractivity contribution in [2.75, 3.05) is 11.1 Å². The first kappa shape index (κ1) is 19.4. The van der Waals surface area contributed by atoms with Crippen molar-refractivity contribution >= 4 is 43.5 Å². The first-order valence-electron chi connectivity index (χ1n) is 8.18. The lowest BCUT2D eigenvalue weighted by molar-refractivity contribution is 0.581. The second-order valence-electron chi connectivity index (χ2n) is 6.45. The molecule has 0 atom stereocenters. The van der Waals surface area contributed by atoms with E-state index in [1.807, 2.05) is 39.8 Å². The summed E-state index contributed by atoms with van der Waals surface area (Å²) in [5, 5.41) is 7.16. The summed E-state index contributed by atoms with van der Waals surface area (Å²) >= 11 is 3.36. The number of benzene rings is 2. The van der Waals surface area contributed by atoms with Crippen LogP contribution in [0.3, 0.4) is 0 Å². The lowest BCUT2D eigenvalue weighted by Gasteiger charge is -2.11. The zero-order valence-electron chi connectivity index (χ0n) is 15.4. The van der Waals surface area contributed by atoms with Gasteiger partial charge in [-0.1, -0.05) is 33.6 Å². The van der Waals surface area contributed by atoms with Crippen molar-refractivity contribution in [3.63, 3.8) is 0 Å². The molecule has 7 nitrogen and oxygen atoms in total. The number of halogens is 1. The molecular weight excluding hydrogens is 430 g/mol. The highest BCUT2D eigenvalue weighted by Gasteiger charge is 2.23. The van der Waals surface area contributed by atoms with Crippen LogP contribution in [-0.2, 0) is 10.0 Å². The highest BCUT2D eigenvalue weighted by Crippen LogP contribution is 2.26. The largest absolute Gasteiger partial charge is 0.367 e. The van der Waals surface area contributed by atoms with Gasteiger partial charge in [0.05, 0.1) is 4.90 Å². The number of aryl methyl sites for hydroxylation is 4. The molecule has 27 heavy (non-hydrogen) atoms. The molecule has 0 fully saturated rings. The van der Waals surface area contributed by atoms with Crippen LogP contribution < -0.4 is 11.1 Å². The molecule has 0 amide bonds. The fourth-order valence-electron chi connectivity index (χ4n) is 2.91. The van der Waals surface area contributed by atoms with Gasteiger partial charge >= 0.3 is 0 Å². The molecule has 0 saturated carbocycles. The van der Waals surface area contributed by atoms with E-state index in [0.717, 1.165) is 36.5 Å². The smallest absolute Gasteiger partial charge is 0.286 e. The van der Waals surface area contributed by atoms with Gasteiger partial charge in [0.25, 0.3) is 10.0 Å². The van der Waals surface area contributed by atoms with E-state index in [1.165, 1.54) is 6.07 Å². The predicted molar refractivity (Wildman–Crippen MR) is 110 cm³/mol. The van der Waals surface area contributed by atoms with E-state index in [1.54, 1.807) is 12.1 Å². The SMILES string of the molecule is Cc1cc(C)c(Nc2nc(N)n(S(=O)(=O)c3ccc(Br)c(C)c3)n2)c(C)c1. The third-order valence-corrected chi connectivity index (χ3v) is 6.63. The van der Waals surface area contributed by atoms with E-state index in [4.69, 9.17) is 5.73 Å². The van der Waals surface area contributed by atoms with Gasteiger partial charge in [-0.05, 0) is 62.6 Å². The fourth-order valence-corrected chi connectivity index (χ4v) is 4.39. The molecule has 9 heteroatoms. The van der Waals surface area contributed by atoms with E-state index in [9.17, 15) is 8.42 Å². The number of hydrogen-bond donors (Lipinski definition) is 2. The Labute approximate surface area is 166 Å². The second-order valence-corrected chi connectivity index (χ2v) is 9.07. The lowest BCUT2D eigenvalue weighted by atomic mass is 10.1. The number of nitrogens with one attached hydrogen (secondary N) is 1. The molecule has 3 aromatic rings. The van der Waals surface area contributed by atoms with Gasteiger partial charge in [0.15, 0.2) is 0 Å². The molecule has 1 heterocycles. The minimum absolute atomic E-state index is 0.0917. The van der Waals surface area contributed by atoms with Gasteiger partial charge in [0.2, 0.25) is 11.9 Å². The summed E-state index contributed by atoms with van der Waals surface area (Å²) in [4.78, 5) is 4.16. The van der Waals surface area contributed by atoms with Crippen molar-refractivity contribution in [1.29, 1.82) is 0 Å². The lowest BCUT2D eigenvalue weighted by Crippen LogP contribution is -2.17. The molecule has 2 aromatic carbocycles. The maximum Gasteiger partial charge on any atom is 0.286 e. The number of nitrogens with zero attached hydrogens (tertiary/aromatic N) is 3. The van der Waals surface area contributed by atoms with Crippen molar-refractivity contribution in [3.05, 3.63) is 57.1 Å². The molecule has 0 aliphatic carbocycles. The predicted octanol–water partition coefficient (Wildman–Crippen LogP) is 3.84. The van der Waals surface area contributed by atoms with Crippen LogP contribution in [0.25, 0.3) is 0 Å². The van der Waals surface area contributed by atoms with Crippen LogP contribution >= 0.6 is 15.9 Å². The highest BCUT2D eigenvalue weighted by molar-refractivity contribution is 9.10. The van der Waals surface area contributed by atoms with Crippen molar-refractivity contribution in [1.82, 2.24) is 14.2 Å². The summed E-state index contributed by atoms with van der Waals surface area (Å²) in [6, 6.07) is 8.78. The molecule has 0 saturated heterocycles. The quantitative estimate of drug-likeness (QED) is 0.626. The summed E-state index contributed by atoms with van der Waals surface area (Å²) < 4.78 is 27.4. The number of hydrogen-bond acceptors (Lipinski definition) is 6. The van der Waals surface area contributed by atoms with Crippen LogP contribution in [0.15, 0.2) is 39.7 Å². The molecule has 1 aromatic heterocycles. The molecule has 142 valence electrons. The summed E-state index contributed by atoms with van der Waals surface area (Å²) in [6.07, 6.45) is 0. The molecule has 0 radical (unpaired) electrons. The molecule has 0 aliphatic rings. The molecule has 0 unspecified atom stereocenters. The number of aromatic nitrogens is 3. The van der Waals surface area contributed by atoms with Gasteiger partial charge < -0.3 is 11.1 Å². The second kappa shape index (κ2) is 6.97. The molecule has 0 bridgehead atoms. The Hall–Kier alpha value is -2.39. The van der Waals surface area contributed by atoms with Crippen molar-refractivity contribution in [2.45, 2.75) is 32.6 Å². The van der Waals surface area contributed by atoms with Gasteiger partial charge in [-0.15, -0.1) is 9.19 Å². The van der Waals surface area contributed by atoms with E-state index in [2.05, 4.69) is 31.3 Å². The van der Waals surface area contributed by atoms with Crippen molar-refractivity contribution < 1.29 is 8.42 Å². The minimum Gasteiger partial charge on any atom is -0.367 e. The normalized spacial score (nSPS) is 11.6. The van der Waals surface area contributed by atoms with Crippen LogP contribution in [-0.4, -0.2) is 22.6 Å². The van der Waals surface area contributed by atoms with Gasteiger partial charge in [-0.2, -0.15) is 13.4 Å². The average Bonchev–Trinajstić information content (AvgIpc) is 2.94. The van der Waals surface area contributed by atoms with Crippen molar-refractivity contribution in [3.8, 4) is 0 Å². The third kappa shape index (κ3) is 3.70. The Bertz CT molecular complexity index is 1120.